The Balaban J connectivity index is 2.37. The number of nitrogens with two attached hydrogens (primary N) is 1. The lowest BCUT2D eigenvalue weighted by atomic mass is 10.3. The van der Waals surface area contributed by atoms with Crippen molar-refractivity contribution in [2.24, 2.45) is 5.14 Å². The van der Waals surface area contributed by atoms with Gasteiger partial charge in [0.15, 0.2) is 5.82 Å². The van der Waals surface area contributed by atoms with Crippen molar-refractivity contribution in [3.63, 3.8) is 0 Å². The molecule has 0 aliphatic heterocycles. The first-order valence-corrected chi connectivity index (χ1v) is 8.92. The van der Waals surface area contributed by atoms with Crippen LogP contribution in [0.1, 0.15) is 6.92 Å². The minimum atomic E-state index is -3.76. The summed E-state index contributed by atoms with van der Waals surface area (Å²) in [6.07, 6.45) is 1.72. The highest BCUT2D eigenvalue weighted by molar-refractivity contribution is 7.89. The van der Waals surface area contributed by atoms with Crippen LogP contribution in [0.15, 0.2) is 35.4 Å². The topological polar surface area (TPSA) is 104 Å². The normalized spacial score (nSPS) is 11.2. The van der Waals surface area contributed by atoms with Crippen LogP contribution in [-0.2, 0) is 10.0 Å². The molecule has 2 rings (SSSR count). The maximum Gasteiger partial charge on any atom is 0.238 e. The van der Waals surface area contributed by atoms with Crippen LogP contribution in [0.3, 0.4) is 0 Å². The van der Waals surface area contributed by atoms with Crippen LogP contribution in [0.4, 0.5) is 23.1 Å². The van der Waals surface area contributed by atoms with E-state index >= 15 is 0 Å². The Labute approximate surface area is 142 Å². The van der Waals surface area contributed by atoms with E-state index in [0.29, 0.717) is 11.6 Å². The standard InChI is InChI=1S/C15H22N6O2S/c1-5-21(4)14-13(20(2)3)10-17-15(19-14)18-11-7-6-8-12(9-11)24(16,22)23/h6-10H,5H2,1-4H3,(H2,16,22,23)(H,17,18,19). The Morgan fingerprint density at radius 1 is 1.25 bits per heavy atom. The molecule has 0 fully saturated rings. The highest BCUT2D eigenvalue weighted by Crippen LogP contribution is 2.26. The summed E-state index contributed by atoms with van der Waals surface area (Å²) in [6.45, 7) is 2.82. The Morgan fingerprint density at radius 2 is 1.96 bits per heavy atom. The van der Waals surface area contributed by atoms with Crippen LogP contribution >= 0.6 is 0 Å². The zero-order chi connectivity index (χ0) is 17.9. The highest BCUT2D eigenvalue weighted by Gasteiger charge is 2.13. The van der Waals surface area contributed by atoms with E-state index in [1.54, 1.807) is 18.3 Å². The molecule has 0 amide bonds. The minimum absolute atomic E-state index is 0.0308. The number of sulfonamides is 1. The average Bonchev–Trinajstić information content (AvgIpc) is 2.53. The van der Waals surface area contributed by atoms with Crippen LogP contribution in [-0.4, -0.2) is 46.1 Å². The summed E-state index contributed by atoms with van der Waals surface area (Å²) < 4.78 is 22.9. The molecule has 9 heteroatoms. The Morgan fingerprint density at radius 3 is 2.54 bits per heavy atom. The predicted molar refractivity (Wildman–Crippen MR) is 96.4 cm³/mol. The molecule has 0 atom stereocenters. The number of anilines is 4. The van der Waals surface area contributed by atoms with Crippen molar-refractivity contribution in [3.05, 3.63) is 30.5 Å². The van der Waals surface area contributed by atoms with Crippen LogP contribution in [0.2, 0.25) is 0 Å². The molecule has 24 heavy (non-hydrogen) atoms. The average molecular weight is 350 g/mol. The second kappa shape index (κ2) is 7.02. The van der Waals surface area contributed by atoms with Crippen molar-refractivity contribution < 1.29 is 8.42 Å². The monoisotopic (exact) mass is 350 g/mol. The summed E-state index contributed by atoms with van der Waals surface area (Å²) in [5, 5.41) is 8.17. The number of rotatable bonds is 6. The number of hydrogen-bond donors (Lipinski definition) is 2. The van der Waals surface area contributed by atoms with Crippen molar-refractivity contribution >= 4 is 33.2 Å². The lowest BCUT2D eigenvalue weighted by molar-refractivity contribution is 0.598. The van der Waals surface area contributed by atoms with Gasteiger partial charge in [0.2, 0.25) is 16.0 Å². The largest absolute Gasteiger partial charge is 0.373 e. The van der Waals surface area contributed by atoms with E-state index in [9.17, 15) is 8.42 Å². The van der Waals surface area contributed by atoms with E-state index in [4.69, 9.17) is 5.14 Å². The van der Waals surface area contributed by atoms with Gasteiger partial charge in [0.25, 0.3) is 0 Å². The molecule has 3 N–H and O–H groups in total. The van der Waals surface area contributed by atoms with Crippen molar-refractivity contribution in [2.75, 3.05) is 42.8 Å². The Bertz CT molecular complexity index is 822. The summed E-state index contributed by atoms with van der Waals surface area (Å²) in [5.41, 5.74) is 1.44. The van der Waals surface area contributed by atoms with Crippen molar-refractivity contribution in [2.45, 2.75) is 11.8 Å². The number of primary sulfonamides is 1. The number of hydrogen-bond acceptors (Lipinski definition) is 7. The molecule has 0 saturated heterocycles. The number of benzene rings is 1. The molecule has 1 aromatic heterocycles. The van der Waals surface area contributed by atoms with Crippen LogP contribution in [0.5, 0.6) is 0 Å². The first-order chi connectivity index (χ1) is 11.2. The van der Waals surface area contributed by atoms with Gasteiger partial charge in [0.05, 0.1) is 16.8 Å². The third-order valence-corrected chi connectivity index (χ3v) is 4.40. The fraction of sp³-hybridized carbons (Fsp3) is 0.333. The quantitative estimate of drug-likeness (QED) is 0.811. The fourth-order valence-corrected chi connectivity index (χ4v) is 2.61. The molecule has 0 bridgehead atoms. The highest BCUT2D eigenvalue weighted by atomic mass is 32.2. The molecule has 0 saturated carbocycles. The maximum atomic E-state index is 11.4. The van der Waals surface area contributed by atoms with Gasteiger partial charge in [-0.05, 0) is 25.1 Å². The zero-order valence-corrected chi connectivity index (χ0v) is 15.0. The van der Waals surface area contributed by atoms with E-state index in [2.05, 4.69) is 15.3 Å². The van der Waals surface area contributed by atoms with Gasteiger partial charge < -0.3 is 15.1 Å². The fourth-order valence-electron chi connectivity index (χ4n) is 2.05. The SMILES string of the molecule is CCN(C)c1nc(Nc2cccc(S(N)(=O)=O)c2)ncc1N(C)C. The Hall–Kier alpha value is -2.39. The molecule has 130 valence electrons. The maximum absolute atomic E-state index is 11.4. The number of nitrogens with zero attached hydrogens (tertiary/aromatic N) is 4. The first-order valence-electron chi connectivity index (χ1n) is 7.37. The lowest BCUT2D eigenvalue weighted by Gasteiger charge is -2.23. The van der Waals surface area contributed by atoms with E-state index in [1.165, 1.54) is 12.1 Å². The first kappa shape index (κ1) is 18.0. The van der Waals surface area contributed by atoms with E-state index in [0.717, 1.165) is 18.1 Å². The summed E-state index contributed by atoms with van der Waals surface area (Å²) in [5.74, 6) is 1.16. The van der Waals surface area contributed by atoms with Gasteiger partial charge in [-0.1, -0.05) is 6.07 Å². The Kier molecular flexibility index (Phi) is 5.25. The molecule has 0 spiro atoms. The molecule has 1 heterocycles. The predicted octanol–water partition coefficient (Wildman–Crippen LogP) is 1.39. The lowest BCUT2D eigenvalue weighted by Crippen LogP contribution is -2.22. The summed E-state index contributed by atoms with van der Waals surface area (Å²) in [4.78, 5) is 12.8. The molecular formula is C15H22N6O2S. The van der Waals surface area contributed by atoms with Gasteiger partial charge in [-0.2, -0.15) is 4.98 Å². The molecular weight excluding hydrogens is 328 g/mol. The van der Waals surface area contributed by atoms with Gasteiger partial charge in [-0.3, -0.25) is 0 Å². The van der Waals surface area contributed by atoms with Crippen molar-refractivity contribution in [3.8, 4) is 0 Å². The van der Waals surface area contributed by atoms with Crippen LogP contribution in [0.25, 0.3) is 0 Å². The third kappa shape index (κ3) is 4.12. The van der Waals surface area contributed by atoms with Crippen LogP contribution < -0.4 is 20.3 Å². The van der Waals surface area contributed by atoms with E-state index < -0.39 is 10.0 Å². The minimum Gasteiger partial charge on any atom is -0.373 e. The second-order valence-electron chi connectivity index (χ2n) is 5.51. The summed E-state index contributed by atoms with van der Waals surface area (Å²) >= 11 is 0. The van der Waals surface area contributed by atoms with Gasteiger partial charge in [0.1, 0.15) is 0 Å². The van der Waals surface area contributed by atoms with Gasteiger partial charge >= 0.3 is 0 Å². The molecule has 0 aliphatic rings. The molecule has 8 nitrogen and oxygen atoms in total. The van der Waals surface area contributed by atoms with Crippen molar-refractivity contribution in [1.82, 2.24) is 9.97 Å². The number of aromatic nitrogens is 2. The van der Waals surface area contributed by atoms with E-state index in [1.807, 2.05) is 37.9 Å². The second-order valence-corrected chi connectivity index (χ2v) is 7.07. The van der Waals surface area contributed by atoms with Crippen molar-refractivity contribution in [1.29, 1.82) is 0 Å². The molecule has 0 unspecified atom stereocenters. The summed E-state index contributed by atoms with van der Waals surface area (Å²) in [7, 11) is 2.04. The third-order valence-electron chi connectivity index (χ3n) is 3.49. The molecule has 0 aliphatic carbocycles. The smallest absolute Gasteiger partial charge is 0.238 e. The molecule has 0 radical (unpaired) electrons. The summed E-state index contributed by atoms with van der Waals surface area (Å²) in [6, 6.07) is 6.21. The number of nitrogens with one attached hydrogen (secondary N) is 1. The zero-order valence-electron chi connectivity index (χ0n) is 14.2. The molecule has 2 aromatic rings. The van der Waals surface area contributed by atoms with Gasteiger partial charge in [0, 0.05) is 33.4 Å². The van der Waals surface area contributed by atoms with E-state index in [-0.39, 0.29) is 4.90 Å². The van der Waals surface area contributed by atoms with Crippen LogP contribution in [0, 0.1) is 0 Å². The van der Waals surface area contributed by atoms with Gasteiger partial charge in [-0.15, -0.1) is 0 Å². The molecule has 1 aromatic carbocycles. The van der Waals surface area contributed by atoms with Gasteiger partial charge in [-0.25, -0.2) is 18.5 Å².